The number of ether oxygens (including phenoxy) is 1. The molecule has 40 heavy (non-hydrogen) atoms. The highest BCUT2D eigenvalue weighted by Crippen LogP contribution is 2.38. The maximum absolute atomic E-state index is 14.3. The van der Waals surface area contributed by atoms with Crippen molar-refractivity contribution in [1.29, 1.82) is 0 Å². The minimum Gasteiger partial charge on any atom is -0.450 e. The molecule has 11 heteroatoms. The van der Waals surface area contributed by atoms with Crippen LogP contribution in [0.3, 0.4) is 0 Å². The molecule has 4 aromatic rings. The summed E-state index contributed by atoms with van der Waals surface area (Å²) in [6.07, 6.45) is 3.04. The molecule has 0 saturated carbocycles. The van der Waals surface area contributed by atoms with Crippen molar-refractivity contribution >= 4 is 16.8 Å². The maximum atomic E-state index is 14.3. The molecule has 8 nitrogen and oxygen atoms in total. The zero-order valence-electron chi connectivity index (χ0n) is 23.6. The molecule has 0 spiro atoms. The summed E-state index contributed by atoms with van der Waals surface area (Å²) in [6.45, 7) is 6.55. The normalized spacial score (nSPS) is 12.2. The van der Waals surface area contributed by atoms with Crippen LogP contribution in [0.4, 0.5) is 13.2 Å². The fraction of sp³-hybridized carbons (Fsp3) is 0.345. The number of aryl methyl sites for hydroxylation is 4. The molecule has 0 bridgehead atoms. The van der Waals surface area contributed by atoms with Gasteiger partial charge in [0.15, 0.2) is 5.75 Å². The highest BCUT2D eigenvalue weighted by molar-refractivity contribution is 6.03. The summed E-state index contributed by atoms with van der Waals surface area (Å²) in [7, 11) is 4.33. The number of H-pyrrole nitrogens is 1. The van der Waals surface area contributed by atoms with Crippen LogP contribution in [0.25, 0.3) is 22.0 Å². The van der Waals surface area contributed by atoms with E-state index in [0.717, 1.165) is 11.8 Å². The van der Waals surface area contributed by atoms with Gasteiger partial charge in [-0.2, -0.15) is 0 Å². The summed E-state index contributed by atoms with van der Waals surface area (Å²) >= 11 is 0. The standard InChI is InChI=1S/C29H31F3N4O4/c1-15-11-17(30)12-16(2)23(15)40-24-18(9-10-34(6)27(24)39)20-14-35(7)26(38)22-19(20)13-21(33-22)25(37)36(8)28(3,4)29(5,31)32/h9-14,33H,1-8H3. The van der Waals surface area contributed by atoms with E-state index in [0.29, 0.717) is 33.4 Å². The summed E-state index contributed by atoms with van der Waals surface area (Å²) in [4.78, 5) is 43.4. The Bertz CT molecular complexity index is 1750. The average molecular weight is 557 g/mol. The predicted octanol–water partition coefficient (Wildman–Crippen LogP) is 5.29. The second-order valence-corrected chi connectivity index (χ2v) is 10.7. The zero-order chi connectivity index (χ0) is 29.9. The lowest BCUT2D eigenvalue weighted by molar-refractivity contribution is -0.0962. The number of hydrogen-bond donors (Lipinski definition) is 1. The number of aromatic amines is 1. The van der Waals surface area contributed by atoms with Crippen molar-refractivity contribution in [2.75, 3.05) is 7.05 Å². The van der Waals surface area contributed by atoms with E-state index in [9.17, 15) is 27.6 Å². The molecule has 0 aliphatic carbocycles. The van der Waals surface area contributed by atoms with E-state index in [4.69, 9.17) is 4.74 Å². The van der Waals surface area contributed by atoms with E-state index in [1.807, 2.05) is 0 Å². The molecule has 0 saturated heterocycles. The van der Waals surface area contributed by atoms with E-state index >= 15 is 0 Å². The van der Waals surface area contributed by atoms with Gasteiger partial charge in [-0.3, -0.25) is 14.4 Å². The molecule has 0 atom stereocenters. The van der Waals surface area contributed by atoms with E-state index in [-0.39, 0.29) is 17.0 Å². The number of carbonyl (C=O) groups excluding carboxylic acids is 1. The van der Waals surface area contributed by atoms with Gasteiger partial charge in [0.25, 0.3) is 22.9 Å². The SMILES string of the molecule is Cc1cc(F)cc(C)c1Oc1c(-c2cn(C)c(=O)c3[nH]c(C(=O)N(C)C(C)(C)C(C)(F)F)cc23)ccn(C)c1=O. The van der Waals surface area contributed by atoms with Gasteiger partial charge in [-0.05, 0) is 63.1 Å². The molecule has 4 rings (SSSR count). The fourth-order valence-corrected chi connectivity index (χ4v) is 4.47. The molecule has 212 valence electrons. The number of benzene rings is 1. The second-order valence-electron chi connectivity index (χ2n) is 10.7. The highest BCUT2D eigenvalue weighted by atomic mass is 19.3. The van der Waals surface area contributed by atoms with Crippen LogP contribution in [-0.4, -0.2) is 43.4 Å². The minimum absolute atomic E-state index is 0.0542. The fourth-order valence-electron chi connectivity index (χ4n) is 4.47. The van der Waals surface area contributed by atoms with Gasteiger partial charge in [0.05, 0.1) is 0 Å². The summed E-state index contributed by atoms with van der Waals surface area (Å²) in [5.41, 5.74) is -1.13. The largest absolute Gasteiger partial charge is 0.450 e. The van der Waals surface area contributed by atoms with E-state index in [1.54, 1.807) is 27.0 Å². The molecule has 0 unspecified atom stereocenters. The lowest BCUT2D eigenvalue weighted by Crippen LogP contribution is -2.55. The Morgan fingerprint density at radius 2 is 1.55 bits per heavy atom. The first-order valence-electron chi connectivity index (χ1n) is 12.5. The Labute approximate surface area is 228 Å². The Hall–Kier alpha value is -4.28. The minimum atomic E-state index is -3.21. The van der Waals surface area contributed by atoms with Crippen molar-refractivity contribution in [3.63, 3.8) is 0 Å². The molecule has 3 heterocycles. The first-order chi connectivity index (χ1) is 18.5. The molecule has 3 aromatic heterocycles. The zero-order valence-corrected chi connectivity index (χ0v) is 23.6. The quantitative estimate of drug-likeness (QED) is 0.350. The van der Waals surface area contributed by atoms with Crippen molar-refractivity contribution < 1.29 is 22.7 Å². The van der Waals surface area contributed by atoms with Gasteiger partial charge in [0.2, 0.25) is 0 Å². The van der Waals surface area contributed by atoms with Gasteiger partial charge in [-0.25, -0.2) is 13.2 Å². The third kappa shape index (κ3) is 4.69. The van der Waals surface area contributed by atoms with E-state index < -0.39 is 34.3 Å². The lowest BCUT2D eigenvalue weighted by atomic mass is 9.95. The number of alkyl halides is 2. The lowest BCUT2D eigenvalue weighted by Gasteiger charge is -2.39. The topological polar surface area (TPSA) is 89.3 Å². The third-order valence-corrected chi connectivity index (χ3v) is 7.56. The number of rotatable bonds is 6. The Balaban J connectivity index is 1.95. The van der Waals surface area contributed by atoms with Crippen LogP contribution in [0.1, 0.15) is 42.4 Å². The van der Waals surface area contributed by atoms with Gasteiger partial charge in [-0.15, -0.1) is 0 Å². The monoisotopic (exact) mass is 556 g/mol. The first kappa shape index (κ1) is 28.7. The molecule has 0 radical (unpaired) electrons. The van der Waals surface area contributed by atoms with Gasteiger partial charge in [0.1, 0.15) is 28.3 Å². The Morgan fingerprint density at radius 3 is 2.12 bits per heavy atom. The summed E-state index contributed by atoms with van der Waals surface area (Å²) in [5.74, 6) is -4.16. The van der Waals surface area contributed by atoms with Crippen LogP contribution in [0.15, 0.2) is 46.2 Å². The summed E-state index contributed by atoms with van der Waals surface area (Å²) < 4.78 is 51.2. The number of hydrogen-bond acceptors (Lipinski definition) is 4. The van der Waals surface area contributed by atoms with Crippen LogP contribution in [0, 0.1) is 19.7 Å². The van der Waals surface area contributed by atoms with Crippen LogP contribution < -0.4 is 15.9 Å². The molecule has 0 aliphatic heterocycles. The molecule has 0 aliphatic rings. The molecular weight excluding hydrogens is 525 g/mol. The van der Waals surface area contributed by atoms with Gasteiger partial charge < -0.3 is 23.8 Å². The average Bonchev–Trinajstić information content (AvgIpc) is 3.30. The van der Waals surface area contributed by atoms with Crippen molar-refractivity contribution in [2.45, 2.75) is 46.1 Å². The number of pyridine rings is 2. The first-order valence-corrected chi connectivity index (χ1v) is 12.5. The maximum Gasteiger partial charge on any atom is 0.293 e. The number of nitrogens with zero attached hydrogens (tertiary/aromatic N) is 3. The van der Waals surface area contributed by atoms with Crippen LogP contribution in [0.2, 0.25) is 0 Å². The molecule has 1 aromatic carbocycles. The third-order valence-electron chi connectivity index (χ3n) is 7.56. The number of halogens is 3. The van der Waals surface area contributed by atoms with E-state index in [2.05, 4.69) is 4.98 Å². The number of carbonyl (C=O) groups is 1. The van der Waals surface area contributed by atoms with Crippen molar-refractivity contribution in [2.24, 2.45) is 14.1 Å². The smallest absolute Gasteiger partial charge is 0.293 e. The predicted molar refractivity (Wildman–Crippen MR) is 147 cm³/mol. The van der Waals surface area contributed by atoms with Gasteiger partial charge in [-0.1, -0.05) is 0 Å². The number of nitrogens with one attached hydrogen (secondary N) is 1. The summed E-state index contributed by atoms with van der Waals surface area (Å²) in [5, 5.41) is 0.298. The van der Waals surface area contributed by atoms with Crippen LogP contribution >= 0.6 is 0 Å². The molecule has 0 fully saturated rings. The number of fused-ring (bicyclic) bond motifs is 1. The highest BCUT2D eigenvalue weighted by Gasteiger charge is 2.47. The van der Waals surface area contributed by atoms with Crippen LogP contribution in [-0.2, 0) is 14.1 Å². The summed E-state index contributed by atoms with van der Waals surface area (Å²) in [6, 6.07) is 5.62. The van der Waals surface area contributed by atoms with Crippen molar-refractivity contribution in [3.8, 4) is 22.6 Å². The molecule has 1 N–H and O–H groups in total. The number of aromatic nitrogens is 3. The second kappa shape index (κ2) is 9.72. The Morgan fingerprint density at radius 1 is 0.950 bits per heavy atom. The van der Waals surface area contributed by atoms with Crippen LogP contribution in [0.5, 0.6) is 11.5 Å². The van der Waals surface area contributed by atoms with Crippen molar-refractivity contribution in [1.82, 2.24) is 19.0 Å². The molecule has 1 amide bonds. The molecular formula is C29H31F3N4O4. The van der Waals surface area contributed by atoms with Crippen molar-refractivity contribution in [3.05, 3.63) is 80.0 Å². The number of amides is 1. The van der Waals surface area contributed by atoms with E-state index in [1.165, 1.54) is 67.7 Å². The van der Waals surface area contributed by atoms with Gasteiger partial charge >= 0.3 is 0 Å². The Kier molecular flexibility index (Phi) is 6.98. The van der Waals surface area contributed by atoms with Gasteiger partial charge in [0, 0.05) is 57.0 Å².